The van der Waals surface area contributed by atoms with Crippen molar-refractivity contribution in [3.8, 4) is 0 Å². The summed E-state index contributed by atoms with van der Waals surface area (Å²) >= 11 is 0. The molecule has 25 heavy (non-hydrogen) atoms. The zero-order chi connectivity index (χ0) is 18.5. The summed E-state index contributed by atoms with van der Waals surface area (Å²) < 4.78 is 45.5. The molecule has 0 aliphatic heterocycles. The van der Waals surface area contributed by atoms with Crippen LogP contribution >= 0.6 is 0 Å². The summed E-state index contributed by atoms with van der Waals surface area (Å²) in [4.78, 5) is 23.3. The Bertz CT molecular complexity index is 735. The fourth-order valence-corrected chi connectivity index (χ4v) is 2.21. The predicted molar refractivity (Wildman–Crippen MR) is 81.6 cm³/mol. The van der Waals surface area contributed by atoms with Crippen molar-refractivity contribution in [2.45, 2.75) is 18.3 Å². The van der Waals surface area contributed by atoms with Crippen molar-refractivity contribution < 1.29 is 32.6 Å². The van der Waals surface area contributed by atoms with E-state index in [-0.39, 0.29) is 6.61 Å². The van der Waals surface area contributed by atoms with E-state index in [1.54, 1.807) is 30.3 Å². The van der Waals surface area contributed by atoms with Gasteiger partial charge in [-0.3, -0.25) is 5.32 Å². The molecule has 2 rings (SSSR count). The second-order valence-corrected chi connectivity index (χ2v) is 5.11. The number of ether oxygens (including phenoxy) is 1. The number of aliphatic carboxylic acids is 1. The van der Waals surface area contributed by atoms with Gasteiger partial charge in [-0.05, 0) is 11.1 Å². The molecule has 132 valence electrons. The third-order valence-electron chi connectivity index (χ3n) is 3.46. The molecule has 0 radical (unpaired) electrons. The van der Waals surface area contributed by atoms with Gasteiger partial charge in [-0.1, -0.05) is 60.7 Å². The van der Waals surface area contributed by atoms with Crippen LogP contribution in [-0.4, -0.2) is 23.3 Å². The Morgan fingerprint density at radius 3 is 1.96 bits per heavy atom. The molecule has 1 amide bonds. The van der Waals surface area contributed by atoms with Crippen molar-refractivity contribution >= 4 is 12.1 Å². The highest BCUT2D eigenvalue weighted by Crippen LogP contribution is 2.39. The lowest BCUT2D eigenvalue weighted by molar-refractivity contribution is -0.211. The van der Waals surface area contributed by atoms with Crippen LogP contribution in [0.15, 0.2) is 60.7 Å². The highest BCUT2D eigenvalue weighted by molar-refractivity contribution is 5.87. The van der Waals surface area contributed by atoms with Crippen LogP contribution in [0, 0.1) is 0 Å². The minimum absolute atomic E-state index is 0.297. The first-order valence-corrected chi connectivity index (χ1v) is 7.12. The lowest BCUT2D eigenvalue weighted by Crippen LogP contribution is -2.61. The highest BCUT2D eigenvalue weighted by Gasteiger charge is 2.63. The maximum atomic E-state index is 13.6. The molecule has 2 N–H and O–H groups in total. The van der Waals surface area contributed by atoms with Gasteiger partial charge in [-0.2, -0.15) is 13.2 Å². The Labute approximate surface area is 141 Å². The number of alkyl halides is 3. The number of halogens is 3. The Kier molecular flexibility index (Phi) is 5.31. The minimum atomic E-state index is -5.29. The summed E-state index contributed by atoms with van der Waals surface area (Å²) in [6, 6.07) is 14.1. The first kappa shape index (κ1) is 18.3. The largest absolute Gasteiger partial charge is 0.479 e. The van der Waals surface area contributed by atoms with E-state index >= 15 is 0 Å². The van der Waals surface area contributed by atoms with Gasteiger partial charge >= 0.3 is 18.2 Å². The van der Waals surface area contributed by atoms with Gasteiger partial charge in [0.05, 0.1) is 0 Å². The normalized spacial score (nSPS) is 13.6. The summed E-state index contributed by atoms with van der Waals surface area (Å²) in [6.07, 6.45) is -6.78. The molecular formula is C17H14F3NO4. The van der Waals surface area contributed by atoms with Gasteiger partial charge in [0.25, 0.3) is 5.54 Å². The van der Waals surface area contributed by atoms with E-state index in [1.165, 1.54) is 23.5 Å². The quantitative estimate of drug-likeness (QED) is 0.863. The molecule has 0 saturated carbocycles. The van der Waals surface area contributed by atoms with Crippen LogP contribution in [0.25, 0.3) is 0 Å². The van der Waals surface area contributed by atoms with E-state index in [2.05, 4.69) is 0 Å². The molecule has 8 heteroatoms. The highest BCUT2D eigenvalue weighted by atomic mass is 19.4. The van der Waals surface area contributed by atoms with Crippen LogP contribution < -0.4 is 5.32 Å². The van der Waals surface area contributed by atoms with Gasteiger partial charge in [-0.15, -0.1) is 0 Å². The van der Waals surface area contributed by atoms with Crippen molar-refractivity contribution in [1.82, 2.24) is 5.32 Å². The minimum Gasteiger partial charge on any atom is -0.479 e. The van der Waals surface area contributed by atoms with Crippen LogP contribution in [0.4, 0.5) is 18.0 Å². The number of alkyl carbamates (subject to hydrolysis) is 1. The van der Waals surface area contributed by atoms with Crippen LogP contribution in [0.2, 0.25) is 0 Å². The molecule has 0 heterocycles. The van der Waals surface area contributed by atoms with Crippen molar-refractivity contribution in [1.29, 1.82) is 0 Å². The molecule has 1 atom stereocenters. The fourth-order valence-electron chi connectivity index (χ4n) is 2.21. The average Bonchev–Trinajstić information content (AvgIpc) is 2.58. The maximum Gasteiger partial charge on any atom is 0.426 e. The van der Waals surface area contributed by atoms with Crippen LogP contribution in [0.5, 0.6) is 0 Å². The Morgan fingerprint density at radius 2 is 1.48 bits per heavy atom. The molecule has 0 unspecified atom stereocenters. The number of carbonyl (C=O) groups is 2. The maximum absolute atomic E-state index is 13.6. The molecule has 0 saturated heterocycles. The average molecular weight is 353 g/mol. The number of nitrogens with one attached hydrogen (secondary N) is 1. The molecule has 5 nitrogen and oxygen atoms in total. The zero-order valence-electron chi connectivity index (χ0n) is 12.8. The molecule has 2 aromatic rings. The smallest absolute Gasteiger partial charge is 0.426 e. The standard InChI is InChI=1S/C17H14F3NO4/c18-17(19,20)16(14(22)23,13-9-5-2-6-10-13)21-15(24)25-11-12-7-3-1-4-8-12/h1-10H,11H2,(H,21,24)(H,22,23)/t16-/m1/s1. The third-order valence-corrected chi connectivity index (χ3v) is 3.46. The molecule has 0 aromatic heterocycles. The molecule has 0 fully saturated rings. The van der Waals surface area contributed by atoms with Gasteiger partial charge in [0.1, 0.15) is 6.61 Å². The number of hydrogen-bond donors (Lipinski definition) is 2. The summed E-state index contributed by atoms with van der Waals surface area (Å²) in [6.45, 7) is -0.297. The SMILES string of the molecule is O=C(N[C@@](C(=O)O)(c1ccccc1)C(F)(F)F)OCc1ccccc1. The van der Waals surface area contributed by atoms with Crippen molar-refractivity contribution in [3.63, 3.8) is 0 Å². The zero-order valence-corrected chi connectivity index (χ0v) is 12.8. The molecule has 2 aromatic carbocycles. The third kappa shape index (κ3) is 3.90. The summed E-state index contributed by atoms with van der Waals surface area (Å²) in [5, 5.41) is 10.7. The topological polar surface area (TPSA) is 75.6 Å². The van der Waals surface area contributed by atoms with E-state index in [9.17, 15) is 27.9 Å². The Morgan fingerprint density at radius 1 is 0.960 bits per heavy atom. The fraction of sp³-hybridized carbons (Fsp3) is 0.176. The number of carbonyl (C=O) groups excluding carboxylic acids is 1. The lowest BCUT2D eigenvalue weighted by Gasteiger charge is -2.32. The lowest BCUT2D eigenvalue weighted by atomic mass is 9.89. The molecule has 0 aliphatic rings. The first-order valence-electron chi connectivity index (χ1n) is 7.12. The number of hydrogen-bond acceptors (Lipinski definition) is 3. The van der Waals surface area contributed by atoms with Crippen LogP contribution in [0.3, 0.4) is 0 Å². The Balaban J connectivity index is 2.27. The summed E-state index contributed by atoms with van der Waals surface area (Å²) in [7, 11) is 0. The number of carboxylic acids is 1. The van der Waals surface area contributed by atoms with Crippen molar-refractivity contribution in [3.05, 3.63) is 71.8 Å². The molecular weight excluding hydrogens is 339 g/mol. The predicted octanol–water partition coefficient (Wildman–Crippen LogP) is 3.46. The number of rotatable bonds is 5. The molecule has 0 spiro atoms. The van der Waals surface area contributed by atoms with Gasteiger partial charge in [0.2, 0.25) is 0 Å². The number of amides is 1. The van der Waals surface area contributed by atoms with E-state index < -0.39 is 29.3 Å². The first-order chi connectivity index (χ1) is 11.8. The Hall–Kier alpha value is -3.03. The van der Waals surface area contributed by atoms with Gasteiger partial charge in [0, 0.05) is 0 Å². The van der Waals surface area contributed by atoms with Gasteiger partial charge < -0.3 is 9.84 Å². The monoisotopic (exact) mass is 353 g/mol. The van der Waals surface area contributed by atoms with Crippen molar-refractivity contribution in [2.75, 3.05) is 0 Å². The van der Waals surface area contributed by atoms with E-state index in [0.717, 1.165) is 12.1 Å². The van der Waals surface area contributed by atoms with Crippen molar-refractivity contribution in [2.24, 2.45) is 0 Å². The summed E-state index contributed by atoms with van der Waals surface area (Å²) in [5.41, 5.74) is -3.70. The summed E-state index contributed by atoms with van der Waals surface area (Å²) in [5.74, 6) is -2.26. The van der Waals surface area contributed by atoms with Gasteiger partial charge in [-0.25, -0.2) is 9.59 Å². The van der Waals surface area contributed by atoms with Crippen LogP contribution in [-0.2, 0) is 21.7 Å². The van der Waals surface area contributed by atoms with E-state index in [0.29, 0.717) is 5.56 Å². The molecule has 0 bridgehead atoms. The second-order valence-electron chi connectivity index (χ2n) is 5.11. The number of benzene rings is 2. The van der Waals surface area contributed by atoms with E-state index in [1.807, 2.05) is 0 Å². The van der Waals surface area contributed by atoms with Gasteiger partial charge in [0.15, 0.2) is 0 Å². The number of carboxylic acid groups (broad SMARTS) is 1. The second kappa shape index (κ2) is 7.25. The molecule has 0 aliphatic carbocycles. The van der Waals surface area contributed by atoms with Crippen LogP contribution in [0.1, 0.15) is 11.1 Å². The van der Waals surface area contributed by atoms with E-state index in [4.69, 9.17) is 4.74 Å².